The molecule has 0 spiro atoms. The van der Waals surface area contributed by atoms with Crippen molar-refractivity contribution >= 4 is 23.6 Å². The molecule has 25 heavy (non-hydrogen) atoms. The van der Waals surface area contributed by atoms with Gasteiger partial charge < -0.3 is 0 Å². The van der Waals surface area contributed by atoms with Gasteiger partial charge in [-0.1, -0.05) is 30.0 Å². The standard InChI is InChI=1S/C18H18N4O2S/c1-11-12(2)15(9-19)18(20-13(11)3)25-10-16(23)21-22-17(24)14-7-5-4-6-8-14/h4-8H,10H2,1-3H3,(H,21,23)(H,22,24). The molecule has 0 saturated carbocycles. The molecule has 2 N–H and O–H groups in total. The van der Waals surface area contributed by atoms with E-state index in [4.69, 9.17) is 0 Å². The molecule has 7 heteroatoms. The first-order valence-electron chi connectivity index (χ1n) is 7.59. The zero-order valence-corrected chi connectivity index (χ0v) is 15.0. The second-order valence-corrected chi connectivity index (χ2v) is 6.36. The number of nitriles is 1. The number of carbonyl (C=O) groups is 2. The first kappa shape index (κ1) is 18.5. The lowest BCUT2D eigenvalue weighted by molar-refractivity contribution is -0.119. The minimum absolute atomic E-state index is 0.0404. The Kier molecular flexibility index (Phi) is 6.14. The normalized spacial score (nSPS) is 10.0. The summed E-state index contributed by atoms with van der Waals surface area (Å²) in [6, 6.07) is 10.7. The molecule has 0 unspecified atom stereocenters. The number of hydrogen-bond donors (Lipinski definition) is 2. The molecule has 0 saturated heterocycles. The number of carbonyl (C=O) groups excluding carboxylic acids is 2. The van der Waals surface area contributed by atoms with Gasteiger partial charge in [-0.25, -0.2) is 4.98 Å². The van der Waals surface area contributed by atoms with Crippen molar-refractivity contribution in [2.45, 2.75) is 25.8 Å². The minimum atomic E-state index is -0.392. The van der Waals surface area contributed by atoms with Crippen LogP contribution in [0, 0.1) is 32.1 Å². The predicted octanol–water partition coefficient (Wildman–Crippen LogP) is 2.43. The first-order chi connectivity index (χ1) is 11.9. The molecule has 0 radical (unpaired) electrons. The van der Waals surface area contributed by atoms with Crippen molar-refractivity contribution in [2.75, 3.05) is 5.75 Å². The van der Waals surface area contributed by atoms with Crippen LogP contribution in [0.5, 0.6) is 0 Å². The number of pyridine rings is 1. The van der Waals surface area contributed by atoms with Crippen molar-refractivity contribution in [2.24, 2.45) is 0 Å². The molecule has 0 atom stereocenters. The molecule has 1 heterocycles. The van der Waals surface area contributed by atoms with E-state index in [0.717, 1.165) is 16.8 Å². The molecule has 0 aliphatic heterocycles. The van der Waals surface area contributed by atoms with Gasteiger partial charge in [0.05, 0.1) is 11.3 Å². The number of amides is 2. The Morgan fingerprint density at radius 3 is 2.44 bits per heavy atom. The number of aromatic nitrogens is 1. The smallest absolute Gasteiger partial charge is 0.269 e. The fourth-order valence-corrected chi connectivity index (χ4v) is 2.99. The molecule has 2 aromatic rings. The first-order valence-corrected chi connectivity index (χ1v) is 8.57. The average molecular weight is 354 g/mol. The molecule has 0 bridgehead atoms. The maximum absolute atomic E-state index is 11.9. The van der Waals surface area contributed by atoms with Gasteiger partial charge in [-0.3, -0.25) is 20.4 Å². The van der Waals surface area contributed by atoms with E-state index in [1.54, 1.807) is 30.3 Å². The van der Waals surface area contributed by atoms with Crippen LogP contribution in [-0.4, -0.2) is 22.6 Å². The van der Waals surface area contributed by atoms with Gasteiger partial charge in [-0.15, -0.1) is 0 Å². The number of benzene rings is 1. The van der Waals surface area contributed by atoms with Crippen molar-refractivity contribution in [1.82, 2.24) is 15.8 Å². The highest BCUT2D eigenvalue weighted by atomic mass is 32.2. The van der Waals surface area contributed by atoms with Crippen molar-refractivity contribution in [3.63, 3.8) is 0 Å². The quantitative estimate of drug-likeness (QED) is 0.649. The van der Waals surface area contributed by atoms with Crippen LogP contribution in [0.3, 0.4) is 0 Å². The highest BCUT2D eigenvalue weighted by molar-refractivity contribution is 8.00. The van der Waals surface area contributed by atoms with Crippen LogP contribution < -0.4 is 10.9 Å². The zero-order valence-electron chi connectivity index (χ0n) is 14.2. The highest BCUT2D eigenvalue weighted by Crippen LogP contribution is 2.26. The van der Waals surface area contributed by atoms with Crippen LogP contribution in [0.1, 0.15) is 32.7 Å². The van der Waals surface area contributed by atoms with E-state index in [1.807, 2.05) is 20.8 Å². The van der Waals surface area contributed by atoms with Gasteiger partial charge in [0, 0.05) is 11.3 Å². The van der Waals surface area contributed by atoms with Gasteiger partial charge in [0.25, 0.3) is 5.91 Å². The van der Waals surface area contributed by atoms with Gasteiger partial charge in [0.2, 0.25) is 5.91 Å². The fourth-order valence-electron chi connectivity index (χ4n) is 2.11. The highest BCUT2D eigenvalue weighted by Gasteiger charge is 2.14. The van der Waals surface area contributed by atoms with Crippen molar-refractivity contribution in [3.05, 3.63) is 58.3 Å². The molecule has 0 fully saturated rings. The van der Waals surface area contributed by atoms with Crippen LogP contribution in [0.4, 0.5) is 0 Å². The molecule has 0 aliphatic rings. The molecule has 128 valence electrons. The third-order valence-corrected chi connectivity index (χ3v) is 4.74. The Balaban J connectivity index is 1.95. The van der Waals surface area contributed by atoms with Gasteiger partial charge >= 0.3 is 0 Å². The Morgan fingerprint density at radius 2 is 1.80 bits per heavy atom. The Labute approximate surface area is 150 Å². The van der Waals surface area contributed by atoms with Gasteiger partial charge in [0.15, 0.2) is 0 Å². The number of hydrogen-bond acceptors (Lipinski definition) is 5. The number of nitrogens with one attached hydrogen (secondary N) is 2. The molecular weight excluding hydrogens is 336 g/mol. The van der Waals surface area contributed by atoms with Crippen LogP contribution >= 0.6 is 11.8 Å². The number of aryl methyl sites for hydroxylation is 1. The third kappa shape index (κ3) is 4.58. The summed E-state index contributed by atoms with van der Waals surface area (Å²) in [5.41, 5.74) is 8.32. The van der Waals surface area contributed by atoms with Crippen LogP contribution in [0.15, 0.2) is 35.4 Å². The van der Waals surface area contributed by atoms with E-state index in [2.05, 4.69) is 21.9 Å². The molecule has 2 amide bonds. The molecular formula is C18H18N4O2S. The van der Waals surface area contributed by atoms with Crippen LogP contribution in [0.25, 0.3) is 0 Å². The molecule has 2 rings (SSSR count). The van der Waals surface area contributed by atoms with Crippen molar-refractivity contribution < 1.29 is 9.59 Å². The average Bonchev–Trinajstić information content (AvgIpc) is 2.63. The lowest BCUT2D eigenvalue weighted by Gasteiger charge is -2.11. The van der Waals surface area contributed by atoms with E-state index in [9.17, 15) is 14.9 Å². The van der Waals surface area contributed by atoms with Crippen molar-refractivity contribution in [1.29, 1.82) is 5.26 Å². The maximum atomic E-state index is 11.9. The zero-order chi connectivity index (χ0) is 18.4. The summed E-state index contributed by atoms with van der Waals surface area (Å²) in [7, 11) is 0. The monoisotopic (exact) mass is 354 g/mol. The summed E-state index contributed by atoms with van der Waals surface area (Å²) < 4.78 is 0. The number of hydrazine groups is 1. The lowest BCUT2D eigenvalue weighted by Crippen LogP contribution is -2.42. The Bertz CT molecular complexity index is 844. The largest absolute Gasteiger partial charge is 0.272 e. The summed E-state index contributed by atoms with van der Waals surface area (Å²) >= 11 is 1.17. The van der Waals surface area contributed by atoms with E-state index >= 15 is 0 Å². The molecule has 0 aliphatic carbocycles. The maximum Gasteiger partial charge on any atom is 0.269 e. The summed E-state index contributed by atoms with van der Waals surface area (Å²) in [5.74, 6) is -0.730. The van der Waals surface area contributed by atoms with Crippen molar-refractivity contribution in [3.8, 4) is 6.07 Å². The second-order valence-electron chi connectivity index (χ2n) is 5.40. The summed E-state index contributed by atoms with van der Waals surface area (Å²) in [6.45, 7) is 5.65. The number of rotatable bonds is 4. The van der Waals surface area contributed by atoms with Gasteiger partial charge in [0.1, 0.15) is 11.1 Å². The third-order valence-electron chi connectivity index (χ3n) is 3.77. The molecule has 1 aromatic heterocycles. The Morgan fingerprint density at radius 1 is 1.12 bits per heavy atom. The molecule has 1 aromatic carbocycles. The fraction of sp³-hybridized carbons (Fsp3) is 0.222. The SMILES string of the molecule is Cc1nc(SCC(=O)NNC(=O)c2ccccc2)c(C#N)c(C)c1C. The second kappa shape index (κ2) is 8.31. The number of nitrogens with zero attached hydrogens (tertiary/aromatic N) is 2. The number of thioether (sulfide) groups is 1. The van der Waals surface area contributed by atoms with E-state index in [0.29, 0.717) is 16.2 Å². The summed E-state index contributed by atoms with van der Waals surface area (Å²) in [5, 5.41) is 9.84. The Hall–Kier alpha value is -2.85. The lowest BCUT2D eigenvalue weighted by atomic mass is 10.1. The van der Waals surface area contributed by atoms with Gasteiger partial charge in [-0.05, 0) is 44.0 Å². The minimum Gasteiger partial charge on any atom is -0.272 e. The van der Waals surface area contributed by atoms with Gasteiger partial charge in [-0.2, -0.15) is 5.26 Å². The van der Waals surface area contributed by atoms with E-state index in [-0.39, 0.29) is 11.7 Å². The topological polar surface area (TPSA) is 94.9 Å². The van der Waals surface area contributed by atoms with Crippen LogP contribution in [-0.2, 0) is 4.79 Å². The molecule has 6 nitrogen and oxygen atoms in total. The van der Waals surface area contributed by atoms with E-state index < -0.39 is 5.91 Å². The van der Waals surface area contributed by atoms with Crippen LogP contribution in [0.2, 0.25) is 0 Å². The summed E-state index contributed by atoms with van der Waals surface area (Å²) in [4.78, 5) is 28.2. The summed E-state index contributed by atoms with van der Waals surface area (Å²) in [6.07, 6.45) is 0. The predicted molar refractivity (Wildman–Crippen MR) is 95.9 cm³/mol. The van der Waals surface area contributed by atoms with E-state index in [1.165, 1.54) is 11.8 Å².